The summed E-state index contributed by atoms with van der Waals surface area (Å²) in [5.74, 6) is 2.30. The summed E-state index contributed by atoms with van der Waals surface area (Å²) >= 11 is 1.83. The number of carbonyl (C=O) groups excluding carboxylic acids is 1. The molecule has 1 aliphatic rings. The maximum absolute atomic E-state index is 12.1. The SMILES string of the molecule is O=C(CN1CCN(c2ccccc2O)CC1)NCCSCc1ccccc1. The van der Waals surface area contributed by atoms with Crippen molar-refractivity contribution in [3.63, 3.8) is 0 Å². The molecule has 27 heavy (non-hydrogen) atoms. The maximum atomic E-state index is 12.1. The lowest BCUT2D eigenvalue weighted by Crippen LogP contribution is -2.49. The van der Waals surface area contributed by atoms with Crippen molar-refractivity contribution in [2.75, 3.05) is 49.9 Å². The molecule has 2 aromatic rings. The molecule has 144 valence electrons. The topological polar surface area (TPSA) is 55.8 Å². The summed E-state index contributed by atoms with van der Waals surface area (Å²) in [5.41, 5.74) is 2.19. The fourth-order valence-electron chi connectivity index (χ4n) is 3.16. The molecule has 2 N–H and O–H groups in total. The minimum Gasteiger partial charge on any atom is -0.506 e. The second kappa shape index (κ2) is 10.2. The molecule has 5 nitrogen and oxygen atoms in total. The number of thioether (sulfide) groups is 1. The lowest BCUT2D eigenvalue weighted by Gasteiger charge is -2.35. The zero-order valence-electron chi connectivity index (χ0n) is 15.5. The van der Waals surface area contributed by atoms with E-state index in [1.165, 1.54) is 5.56 Å². The van der Waals surface area contributed by atoms with E-state index in [-0.39, 0.29) is 5.91 Å². The van der Waals surface area contributed by atoms with Crippen LogP contribution in [0.1, 0.15) is 5.56 Å². The number of carbonyl (C=O) groups is 1. The molecule has 0 saturated carbocycles. The van der Waals surface area contributed by atoms with Crippen LogP contribution in [-0.4, -0.2) is 60.9 Å². The Hall–Kier alpha value is -2.18. The number of phenols is 1. The summed E-state index contributed by atoms with van der Waals surface area (Å²) in [6.07, 6.45) is 0. The second-order valence-electron chi connectivity index (χ2n) is 6.64. The summed E-state index contributed by atoms with van der Waals surface area (Å²) < 4.78 is 0. The minimum atomic E-state index is 0.0892. The molecule has 1 fully saturated rings. The van der Waals surface area contributed by atoms with Crippen LogP contribution >= 0.6 is 11.8 Å². The highest BCUT2D eigenvalue weighted by molar-refractivity contribution is 7.98. The monoisotopic (exact) mass is 385 g/mol. The van der Waals surface area contributed by atoms with Gasteiger partial charge in [0.15, 0.2) is 0 Å². The molecule has 0 radical (unpaired) electrons. The van der Waals surface area contributed by atoms with Crippen molar-refractivity contribution < 1.29 is 9.90 Å². The Labute approximate surface area is 165 Å². The van der Waals surface area contributed by atoms with Crippen molar-refractivity contribution in [3.8, 4) is 5.75 Å². The van der Waals surface area contributed by atoms with E-state index in [0.717, 1.165) is 43.4 Å². The quantitative estimate of drug-likeness (QED) is 0.684. The van der Waals surface area contributed by atoms with Gasteiger partial charge in [0.1, 0.15) is 5.75 Å². The standard InChI is InChI=1S/C21H27N3O2S/c25-20-9-5-4-8-19(20)24-13-11-23(12-14-24)16-21(26)22-10-15-27-17-18-6-2-1-3-7-18/h1-9,25H,10-17H2,(H,22,26). The Balaban J connectivity index is 1.30. The molecule has 6 heteroatoms. The van der Waals surface area contributed by atoms with Crippen LogP contribution in [0.25, 0.3) is 0 Å². The van der Waals surface area contributed by atoms with Crippen molar-refractivity contribution in [2.45, 2.75) is 5.75 Å². The zero-order valence-corrected chi connectivity index (χ0v) is 16.3. The summed E-state index contributed by atoms with van der Waals surface area (Å²) in [7, 11) is 0. The van der Waals surface area contributed by atoms with E-state index in [1.54, 1.807) is 6.07 Å². The lowest BCUT2D eigenvalue weighted by atomic mass is 10.2. The van der Waals surface area contributed by atoms with Crippen LogP contribution in [0.3, 0.4) is 0 Å². The average molecular weight is 386 g/mol. The van der Waals surface area contributed by atoms with Gasteiger partial charge in [0, 0.05) is 44.2 Å². The Morgan fingerprint density at radius 2 is 1.70 bits per heavy atom. The van der Waals surface area contributed by atoms with Gasteiger partial charge in [-0.25, -0.2) is 0 Å². The van der Waals surface area contributed by atoms with Gasteiger partial charge in [-0.2, -0.15) is 11.8 Å². The van der Waals surface area contributed by atoms with Crippen molar-refractivity contribution >= 4 is 23.4 Å². The summed E-state index contributed by atoms with van der Waals surface area (Å²) in [6.45, 7) is 4.43. The fourth-order valence-corrected chi connectivity index (χ4v) is 3.98. The number of para-hydroxylation sites is 2. The third-order valence-corrected chi connectivity index (χ3v) is 5.67. The Morgan fingerprint density at radius 3 is 2.44 bits per heavy atom. The highest BCUT2D eigenvalue weighted by Crippen LogP contribution is 2.27. The normalized spacial score (nSPS) is 14.9. The average Bonchev–Trinajstić information content (AvgIpc) is 2.70. The molecule has 0 atom stereocenters. The molecular formula is C21H27N3O2S. The van der Waals surface area contributed by atoms with Crippen LogP contribution in [0.15, 0.2) is 54.6 Å². The smallest absolute Gasteiger partial charge is 0.234 e. The van der Waals surface area contributed by atoms with Gasteiger partial charge in [-0.15, -0.1) is 0 Å². The molecule has 0 aromatic heterocycles. The first kappa shape index (κ1) is 19.6. The van der Waals surface area contributed by atoms with Gasteiger partial charge in [0.05, 0.1) is 12.2 Å². The maximum Gasteiger partial charge on any atom is 0.234 e. The highest BCUT2D eigenvalue weighted by atomic mass is 32.2. The molecule has 0 bridgehead atoms. The van der Waals surface area contributed by atoms with Crippen molar-refractivity contribution in [1.29, 1.82) is 0 Å². The minimum absolute atomic E-state index is 0.0892. The van der Waals surface area contributed by atoms with Crippen LogP contribution in [0, 0.1) is 0 Å². The lowest BCUT2D eigenvalue weighted by molar-refractivity contribution is -0.122. The van der Waals surface area contributed by atoms with Crippen LogP contribution in [0.2, 0.25) is 0 Å². The molecule has 3 rings (SSSR count). The number of hydrogen-bond donors (Lipinski definition) is 2. The predicted molar refractivity (Wildman–Crippen MR) is 112 cm³/mol. The summed E-state index contributed by atoms with van der Waals surface area (Å²) in [5, 5.41) is 13.0. The van der Waals surface area contributed by atoms with Crippen molar-refractivity contribution in [2.24, 2.45) is 0 Å². The Kier molecular flexibility index (Phi) is 7.42. The third kappa shape index (κ3) is 6.19. The molecule has 0 spiro atoms. The number of anilines is 1. The Bertz CT molecular complexity index is 718. The molecule has 1 amide bonds. The summed E-state index contributed by atoms with van der Waals surface area (Å²) in [4.78, 5) is 16.5. The molecule has 0 unspecified atom stereocenters. The highest BCUT2D eigenvalue weighted by Gasteiger charge is 2.20. The van der Waals surface area contributed by atoms with E-state index < -0.39 is 0 Å². The van der Waals surface area contributed by atoms with Crippen LogP contribution in [-0.2, 0) is 10.5 Å². The number of phenolic OH excluding ortho intramolecular Hbond substituents is 1. The number of hydrogen-bond acceptors (Lipinski definition) is 5. The number of piperazine rings is 1. The molecular weight excluding hydrogens is 358 g/mol. The van der Waals surface area contributed by atoms with E-state index in [9.17, 15) is 9.90 Å². The van der Waals surface area contributed by atoms with Crippen LogP contribution in [0.5, 0.6) is 5.75 Å². The number of aromatic hydroxyl groups is 1. The van der Waals surface area contributed by atoms with E-state index in [1.807, 2.05) is 36.0 Å². The van der Waals surface area contributed by atoms with Gasteiger partial charge in [-0.1, -0.05) is 42.5 Å². The zero-order chi connectivity index (χ0) is 18.9. The molecule has 1 aliphatic heterocycles. The van der Waals surface area contributed by atoms with Crippen molar-refractivity contribution in [1.82, 2.24) is 10.2 Å². The van der Waals surface area contributed by atoms with Gasteiger partial charge in [-0.05, 0) is 17.7 Å². The number of nitrogens with one attached hydrogen (secondary N) is 1. The van der Waals surface area contributed by atoms with Gasteiger partial charge in [0.2, 0.25) is 5.91 Å². The van der Waals surface area contributed by atoms with E-state index >= 15 is 0 Å². The van der Waals surface area contributed by atoms with Gasteiger partial charge >= 0.3 is 0 Å². The Morgan fingerprint density at radius 1 is 1.00 bits per heavy atom. The first-order chi connectivity index (χ1) is 13.2. The predicted octanol–water partition coefficient (Wildman–Crippen LogP) is 2.56. The van der Waals surface area contributed by atoms with Gasteiger partial charge in [-0.3, -0.25) is 9.69 Å². The van der Waals surface area contributed by atoms with Crippen LogP contribution in [0.4, 0.5) is 5.69 Å². The second-order valence-corrected chi connectivity index (χ2v) is 7.75. The number of amides is 1. The molecule has 1 heterocycles. The van der Waals surface area contributed by atoms with E-state index in [4.69, 9.17) is 0 Å². The van der Waals surface area contributed by atoms with Gasteiger partial charge in [0.25, 0.3) is 0 Å². The fraction of sp³-hybridized carbons (Fsp3) is 0.381. The van der Waals surface area contributed by atoms with Crippen molar-refractivity contribution in [3.05, 3.63) is 60.2 Å². The molecule has 2 aromatic carbocycles. The largest absolute Gasteiger partial charge is 0.506 e. The number of rotatable bonds is 8. The van der Waals surface area contributed by atoms with Gasteiger partial charge < -0.3 is 15.3 Å². The number of benzene rings is 2. The third-order valence-electron chi connectivity index (χ3n) is 4.64. The number of nitrogens with zero attached hydrogens (tertiary/aromatic N) is 2. The molecule has 1 saturated heterocycles. The van der Waals surface area contributed by atoms with Crippen LogP contribution < -0.4 is 10.2 Å². The first-order valence-corrected chi connectivity index (χ1v) is 10.5. The van der Waals surface area contributed by atoms with E-state index in [2.05, 4.69) is 39.4 Å². The molecule has 0 aliphatic carbocycles. The van der Waals surface area contributed by atoms with E-state index in [0.29, 0.717) is 18.8 Å². The summed E-state index contributed by atoms with van der Waals surface area (Å²) in [6, 6.07) is 17.8. The first-order valence-electron chi connectivity index (χ1n) is 9.36.